The molecule has 0 aliphatic rings. The molecular formula is C16H22F3N3O3. The highest BCUT2D eigenvalue weighted by atomic mass is 19.4. The fourth-order valence-corrected chi connectivity index (χ4v) is 1.95. The van der Waals surface area contributed by atoms with E-state index in [0.29, 0.717) is 6.29 Å². The second-order valence-electron chi connectivity index (χ2n) is 6.34. The van der Waals surface area contributed by atoms with Gasteiger partial charge in [0, 0.05) is 0 Å². The number of anilines is 2. The van der Waals surface area contributed by atoms with Crippen LogP contribution in [0.3, 0.4) is 0 Å². The molecule has 1 amide bonds. The molecule has 0 saturated heterocycles. The van der Waals surface area contributed by atoms with Crippen LogP contribution in [-0.4, -0.2) is 29.0 Å². The lowest BCUT2D eigenvalue weighted by Crippen LogP contribution is -2.47. The molecule has 0 heterocycles. The molecule has 25 heavy (non-hydrogen) atoms. The monoisotopic (exact) mass is 361 g/mol. The summed E-state index contributed by atoms with van der Waals surface area (Å²) in [4.78, 5) is 23.6. The van der Waals surface area contributed by atoms with E-state index in [-0.39, 0.29) is 12.1 Å². The molecule has 0 bridgehead atoms. The standard InChI is InChI=1S/C16H22F3N3O3/c1-5-10(9-23)22(14(24)25-15(2,3)4)21-12-8-6-7-11(13(12)20)16(17,18)19/h6-10,21H,5,20H2,1-4H3. The largest absolute Gasteiger partial charge is 0.442 e. The van der Waals surface area contributed by atoms with Gasteiger partial charge in [0.2, 0.25) is 0 Å². The summed E-state index contributed by atoms with van der Waals surface area (Å²) in [6, 6.07) is 2.31. The zero-order chi connectivity index (χ0) is 19.4. The van der Waals surface area contributed by atoms with Gasteiger partial charge in [-0.3, -0.25) is 5.43 Å². The molecule has 0 aliphatic heterocycles. The van der Waals surface area contributed by atoms with Crippen LogP contribution < -0.4 is 11.2 Å². The number of carbonyl (C=O) groups is 2. The maximum absolute atomic E-state index is 13.0. The molecule has 1 aromatic rings. The molecule has 0 fully saturated rings. The van der Waals surface area contributed by atoms with E-state index in [9.17, 15) is 22.8 Å². The van der Waals surface area contributed by atoms with E-state index in [0.717, 1.165) is 17.1 Å². The van der Waals surface area contributed by atoms with Crippen LogP contribution in [0.5, 0.6) is 0 Å². The van der Waals surface area contributed by atoms with Gasteiger partial charge in [-0.05, 0) is 39.3 Å². The van der Waals surface area contributed by atoms with Crippen molar-refractivity contribution in [3.8, 4) is 0 Å². The third kappa shape index (κ3) is 5.54. The number of hydrogen-bond donors (Lipinski definition) is 2. The minimum Gasteiger partial charge on any atom is -0.442 e. The second kappa shape index (κ2) is 7.62. The number of nitrogens with two attached hydrogens (primary N) is 1. The Morgan fingerprint density at radius 1 is 1.36 bits per heavy atom. The number of ether oxygens (including phenoxy) is 1. The fourth-order valence-electron chi connectivity index (χ4n) is 1.95. The lowest BCUT2D eigenvalue weighted by Gasteiger charge is -2.31. The molecule has 0 aromatic heterocycles. The van der Waals surface area contributed by atoms with E-state index in [4.69, 9.17) is 10.5 Å². The van der Waals surface area contributed by atoms with Crippen molar-refractivity contribution in [3.63, 3.8) is 0 Å². The number of nitrogen functional groups attached to an aromatic ring is 1. The van der Waals surface area contributed by atoms with E-state index in [1.807, 2.05) is 0 Å². The molecule has 1 unspecified atom stereocenters. The number of hydrogen-bond acceptors (Lipinski definition) is 5. The summed E-state index contributed by atoms with van der Waals surface area (Å²) in [6.45, 7) is 6.53. The Hall–Kier alpha value is -2.45. The number of nitrogens with one attached hydrogen (secondary N) is 1. The van der Waals surface area contributed by atoms with Crippen LogP contribution >= 0.6 is 0 Å². The van der Waals surface area contributed by atoms with Crippen LogP contribution in [0.4, 0.5) is 29.3 Å². The number of nitrogens with zero attached hydrogens (tertiary/aromatic N) is 1. The SMILES string of the molecule is CCC(C=O)N(Nc1cccc(C(F)(F)F)c1N)C(=O)OC(C)(C)C. The first-order valence-corrected chi connectivity index (χ1v) is 7.60. The number of para-hydroxylation sites is 1. The van der Waals surface area contributed by atoms with E-state index >= 15 is 0 Å². The summed E-state index contributed by atoms with van der Waals surface area (Å²) < 4.78 is 44.1. The van der Waals surface area contributed by atoms with E-state index in [1.54, 1.807) is 27.7 Å². The van der Waals surface area contributed by atoms with Gasteiger partial charge in [0.25, 0.3) is 0 Å². The quantitative estimate of drug-likeness (QED) is 0.473. The third-order valence-electron chi connectivity index (χ3n) is 3.15. The Morgan fingerprint density at radius 3 is 2.40 bits per heavy atom. The Kier molecular flexibility index (Phi) is 6.28. The van der Waals surface area contributed by atoms with E-state index in [1.165, 1.54) is 6.07 Å². The highest BCUT2D eigenvalue weighted by molar-refractivity contribution is 5.78. The maximum Gasteiger partial charge on any atom is 0.429 e. The van der Waals surface area contributed by atoms with Gasteiger partial charge in [-0.2, -0.15) is 13.2 Å². The van der Waals surface area contributed by atoms with Crippen molar-refractivity contribution < 1.29 is 27.5 Å². The average Bonchev–Trinajstić information content (AvgIpc) is 2.46. The summed E-state index contributed by atoms with van der Waals surface area (Å²) in [5, 5.41) is 0.837. The zero-order valence-electron chi connectivity index (χ0n) is 14.5. The summed E-state index contributed by atoms with van der Waals surface area (Å²) in [5.74, 6) is 0. The van der Waals surface area contributed by atoms with Gasteiger partial charge in [-0.1, -0.05) is 13.0 Å². The van der Waals surface area contributed by atoms with Crippen molar-refractivity contribution in [2.75, 3.05) is 11.2 Å². The normalized spacial score (nSPS) is 13.1. The molecule has 0 radical (unpaired) electrons. The lowest BCUT2D eigenvalue weighted by atomic mass is 10.1. The number of rotatable bonds is 5. The molecule has 6 nitrogen and oxygen atoms in total. The molecule has 0 saturated carbocycles. The lowest BCUT2D eigenvalue weighted by molar-refractivity contribution is -0.136. The highest BCUT2D eigenvalue weighted by Gasteiger charge is 2.34. The molecule has 1 aromatic carbocycles. The highest BCUT2D eigenvalue weighted by Crippen LogP contribution is 2.37. The van der Waals surface area contributed by atoms with Crippen LogP contribution in [0.15, 0.2) is 18.2 Å². The van der Waals surface area contributed by atoms with Gasteiger partial charge < -0.3 is 15.3 Å². The van der Waals surface area contributed by atoms with Crippen molar-refractivity contribution in [1.82, 2.24) is 5.01 Å². The van der Waals surface area contributed by atoms with E-state index in [2.05, 4.69) is 5.43 Å². The number of benzene rings is 1. The van der Waals surface area contributed by atoms with Crippen LogP contribution in [0.1, 0.15) is 39.7 Å². The number of hydrazine groups is 1. The van der Waals surface area contributed by atoms with Crippen LogP contribution in [0.2, 0.25) is 0 Å². The van der Waals surface area contributed by atoms with Crippen LogP contribution in [-0.2, 0) is 15.7 Å². The number of aldehydes is 1. The average molecular weight is 361 g/mol. The maximum atomic E-state index is 13.0. The van der Waals surface area contributed by atoms with Crippen molar-refractivity contribution in [2.24, 2.45) is 0 Å². The Bertz CT molecular complexity index is 627. The van der Waals surface area contributed by atoms with Crippen LogP contribution in [0, 0.1) is 0 Å². The first-order valence-electron chi connectivity index (χ1n) is 7.60. The first kappa shape index (κ1) is 20.6. The minimum atomic E-state index is -4.65. The summed E-state index contributed by atoms with van der Waals surface area (Å²) in [6.07, 6.45) is -4.81. The zero-order valence-corrected chi connectivity index (χ0v) is 14.5. The predicted molar refractivity (Wildman–Crippen MR) is 87.7 cm³/mol. The van der Waals surface area contributed by atoms with Crippen molar-refractivity contribution in [2.45, 2.75) is 51.9 Å². The van der Waals surface area contributed by atoms with Crippen molar-refractivity contribution in [3.05, 3.63) is 23.8 Å². The van der Waals surface area contributed by atoms with Crippen molar-refractivity contribution >= 4 is 23.8 Å². The van der Waals surface area contributed by atoms with Gasteiger partial charge in [-0.15, -0.1) is 0 Å². The molecule has 1 rings (SSSR count). The second-order valence-corrected chi connectivity index (χ2v) is 6.34. The fraction of sp³-hybridized carbons (Fsp3) is 0.500. The van der Waals surface area contributed by atoms with Crippen molar-refractivity contribution in [1.29, 1.82) is 0 Å². The topological polar surface area (TPSA) is 84.7 Å². The predicted octanol–water partition coefficient (Wildman–Crippen LogP) is 3.83. The number of alkyl halides is 3. The number of amides is 1. The Balaban J connectivity index is 3.23. The summed E-state index contributed by atoms with van der Waals surface area (Å²) >= 11 is 0. The first-order chi connectivity index (χ1) is 11.4. The Labute approximate surface area is 144 Å². The number of carbonyl (C=O) groups excluding carboxylic acids is 2. The Morgan fingerprint density at radius 2 is 1.96 bits per heavy atom. The molecule has 9 heteroatoms. The third-order valence-corrected chi connectivity index (χ3v) is 3.15. The minimum absolute atomic E-state index is 0.152. The van der Waals surface area contributed by atoms with E-state index < -0.39 is 35.2 Å². The molecule has 1 atom stereocenters. The van der Waals surface area contributed by atoms with Gasteiger partial charge in [0.15, 0.2) is 0 Å². The molecule has 0 spiro atoms. The molecule has 0 aliphatic carbocycles. The molecular weight excluding hydrogens is 339 g/mol. The molecule has 140 valence electrons. The van der Waals surface area contributed by atoms with Gasteiger partial charge in [-0.25, -0.2) is 9.80 Å². The molecule has 3 N–H and O–H groups in total. The number of halogens is 3. The van der Waals surface area contributed by atoms with Gasteiger partial charge >= 0.3 is 12.3 Å². The van der Waals surface area contributed by atoms with Gasteiger partial charge in [0.1, 0.15) is 17.9 Å². The smallest absolute Gasteiger partial charge is 0.429 e. The summed E-state index contributed by atoms with van der Waals surface area (Å²) in [7, 11) is 0. The summed E-state index contributed by atoms with van der Waals surface area (Å²) in [5.41, 5.74) is 5.44. The van der Waals surface area contributed by atoms with Gasteiger partial charge in [0.05, 0.1) is 16.9 Å². The van der Waals surface area contributed by atoms with Crippen LogP contribution in [0.25, 0.3) is 0 Å².